The molecule has 0 unspecified atom stereocenters. The number of aromatic nitrogens is 2. The van der Waals surface area contributed by atoms with Crippen LogP contribution in [0.1, 0.15) is 11.1 Å². The molecular weight excluding hydrogens is 132 g/mol. The Labute approximate surface area is 58.2 Å². The Hall–Kier alpha value is -1.00. The second-order valence-corrected chi connectivity index (χ2v) is 1.86. The van der Waals surface area contributed by atoms with Gasteiger partial charge in [-0.05, 0) is 0 Å². The monoisotopic (exact) mass is 140 g/mol. The Morgan fingerprint density at radius 3 is 1.70 bits per heavy atom. The number of hydrogen-bond acceptors (Lipinski definition) is 4. The fraction of sp³-hybridized carbons (Fsp3) is 0.333. The Bertz CT molecular complexity index is 192. The molecule has 4 heteroatoms. The van der Waals surface area contributed by atoms with Gasteiger partial charge in [-0.15, -0.1) is 0 Å². The highest BCUT2D eigenvalue weighted by molar-refractivity contribution is 5.18. The van der Waals surface area contributed by atoms with Gasteiger partial charge in [0.15, 0.2) is 0 Å². The Morgan fingerprint density at radius 1 is 1.00 bits per heavy atom. The van der Waals surface area contributed by atoms with Crippen LogP contribution in [0.4, 0.5) is 0 Å². The maximum atomic E-state index is 8.67. The highest BCUT2D eigenvalue weighted by Gasteiger charge is 1.98. The van der Waals surface area contributed by atoms with Crippen LogP contribution in [0.3, 0.4) is 0 Å². The molecule has 0 radical (unpaired) electrons. The minimum atomic E-state index is -0.106. The van der Waals surface area contributed by atoms with Crippen LogP contribution < -0.4 is 0 Å². The first-order valence-corrected chi connectivity index (χ1v) is 2.88. The first kappa shape index (κ1) is 7.11. The summed E-state index contributed by atoms with van der Waals surface area (Å²) in [6.07, 6.45) is 2.87. The van der Waals surface area contributed by atoms with Crippen molar-refractivity contribution in [2.24, 2.45) is 0 Å². The normalized spacial score (nSPS) is 9.80. The molecule has 0 aromatic carbocycles. The van der Waals surface area contributed by atoms with Crippen LogP contribution in [0.5, 0.6) is 0 Å². The third kappa shape index (κ3) is 1.29. The first-order valence-electron chi connectivity index (χ1n) is 2.88. The van der Waals surface area contributed by atoms with Crippen LogP contribution in [0, 0.1) is 0 Å². The van der Waals surface area contributed by atoms with Gasteiger partial charge in [-0.2, -0.15) is 10.2 Å². The molecule has 0 aliphatic heterocycles. The molecule has 0 aliphatic rings. The van der Waals surface area contributed by atoms with Crippen LogP contribution in [-0.2, 0) is 13.2 Å². The van der Waals surface area contributed by atoms with Gasteiger partial charge in [-0.1, -0.05) is 0 Å². The standard InChI is InChI=1S/C6H8N2O2/c9-3-5-1-7-8-2-6(5)4-10/h1-2,9-10H,3-4H2. The predicted octanol–water partition coefficient (Wildman–Crippen LogP) is -0.539. The average molecular weight is 140 g/mol. The SMILES string of the molecule is OCc1cnncc1CO. The molecule has 1 heterocycles. The van der Waals surface area contributed by atoms with Crippen LogP contribution in [0.2, 0.25) is 0 Å². The van der Waals surface area contributed by atoms with Crippen molar-refractivity contribution in [3.63, 3.8) is 0 Å². The average Bonchev–Trinajstić information content (AvgIpc) is 2.04. The summed E-state index contributed by atoms with van der Waals surface area (Å²) < 4.78 is 0. The zero-order valence-corrected chi connectivity index (χ0v) is 5.36. The third-order valence-electron chi connectivity index (χ3n) is 1.25. The molecule has 0 atom stereocenters. The van der Waals surface area contributed by atoms with E-state index in [0.29, 0.717) is 11.1 Å². The minimum absolute atomic E-state index is 0.106. The van der Waals surface area contributed by atoms with Crippen molar-refractivity contribution in [2.75, 3.05) is 0 Å². The summed E-state index contributed by atoms with van der Waals surface area (Å²) in [5, 5.41) is 24.4. The highest BCUT2D eigenvalue weighted by atomic mass is 16.3. The molecule has 1 rings (SSSR count). The lowest BCUT2D eigenvalue weighted by molar-refractivity contribution is 0.258. The van der Waals surface area contributed by atoms with Gasteiger partial charge in [0.25, 0.3) is 0 Å². The van der Waals surface area contributed by atoms with E-state index < -0.39 is 0 Å². The summed E-state index contributed by atoms with van der Waals surface area (Å²) in [6.45, 7) is -0.211. The predicted molar refractivity (Wildman–Crippen MR) is 33.9 cm³/mol. The lowest BCUT2D eigenvalue weighted by atomic mass is 10.2. The summed E-state index contributed by atoms with van der Waals surface area (Å²) in [4.78, 5) is 0. The van der Waals surface area contributed by atoms with E-state index in [1.54, 1.807) is 0 Å². The number of aliphatic hydroxyl groups excluding tert-OH is 2. The molecule has 1 aromatic rings. The zero-order valence-electron chi connectivity index (χ0n) is 5.36. The highest BCUT2D eigenvalue weighted by Crippen LogP contribution is 2.03. The van der Waals surface area contributed by atoms with E-state index in [9.17, 15) is 0 Å². The number of nitrogens with zero attached hydrogens (tertiary/aromatic N) is 2. The van der Waals surface area contributed by atoms with Crippen molar-refractivity contribution in [2.45, 2.75) is 13.2 Å². The number of aliphatic hydroxyl groups is 2. The van der Waals surface area contributed by atoms with Crippen LogP contribution >= 0.6 is 0 Å². The molecule has 0 amide bonds. The molecule has 0 bridgehead atoms. The summed E-state index contributed by atoms with van der Waals surface area (Å²) in [5.74, 6) is 0. The maximum Gasteiger partial charge on any atom is 0.0701 e. The van der Waals surface area contributed by atoms with Crippen molar-refractivity contribution < 1.29 is 10.2 Å². The smallest absolute Gasteiger partial charge is 0.0701 e. The fourth-order valence-corrected chi connectivity index (χ4v) is 0.657. The van der Waals surface area contributed by atoms with Crippen molar-refractivity contribution >= 4 is 0 Å². The number of hydrogen-bond donors (Lipinski definition) is 2. The molecule has 1 aromatic heterocycles. The molecule has 4 nitrogen and oxygen atoms in total. The van der Waals surface area contributed by atoms with E-state index in [0.717, 1.165) is 0 Å². The van der Waals surface area contributed by atoms with E-state index >= 15 is 0 Å². The summed E-state index contributed by atoms with van der Waals surface area (Å²) in [5.41, 5.74) is 1.25. The van der Waals surface area contributed by atoms with Crippen molar-refractivity contribution in [1.29, 1.82) is 0 Å². The van der Waals surface area contributed by atoms with Gasteiger partial charge in [-0.25, -0.2) is 0 Å². The van der Waals surface area contributed by atoms with Gasteiger partial charge in [-0.3, -0.25) is 0 Å². The molecule has 10 heavy (non-hydrogen) atoms. The Kier molecular flexibility index (Phi) is 2.30. The maximum absolute atomic E-state index is 8.67. The molecule has 0 spiro atoms. The molecule has 0 aliphatic carbocycles. The Balaban J connectivity index is 2.96. The van der Waals surface area contributed by atoms with E-state index in [4.69, 9.17) is 10.2 Å². The third-order valence-corrected chi connectivity index (χ3v) is 1.25. The van der Waals surface area contributed by atoms with Gasteiger partial charge in [0, 0.05) is 11.1 Å². The lowest BCUT2D eigenvalue weighted by Gasteiger charge is -1.99. The quantitative estimate of drug-likeness (QED) is 0.579. The number of rotatable bonds is 2. The lowest BCUT2D eigenvalue weighted by Crippen LogP contribution is -1.96. The van der Waals surface area contributed by atoms with Crippen molar-refractivity contribution in [1.82, 2.24) is 10.2 Å². The van der Waals surface area contributed by atoms with Crippen molar-refractivity contribution in [3.8, 4) is 0 Å². The van der Waals surface area contributed by atoms with E-state index in [2.05, 4.69) is 10.2 Å². The van der Waals surface area contributed by atoms with Gasteiger partial charge < -0.3 is 10.2 Å². The van der Waals surface area contributed by atoms with E-state index in [1.807, 2.05) is 0 Å². The Morgan fingerprint density at radius 2 is 1.40 bits per heavy atom. The molecule has 0 saturated carbocycles. The topological polar surface area (TPSA) is 66.2 Å². The van der Waals surface area contributed by atoms with Crippen LogP contribution in [-0.4, -0.2) is 20.4 Å². The van der Waals surface area contributed by atoms with Crippen molar-refractivity contribution in [3.05, 3.63) is 23.5 Å². The molecule has 0 saturated heterocycles. The first-order chi connectivity index (χ1) is 4.88. The van der Waals surface area contributed by atoms with Gasteiger partial charge in [0.2, 0.25) is 0 Å². The second kappa shape index (κ2) is 3.24. The van der Waals surface area contributed by atoms with E-state index in [1.165, 1.54) is 12.4 Å². The van der Waals surface area contributed by atoms with Gasteiger partial charge in [0.05, 0.1) is 25.6 Å². The molecular formula is C6H8N2O2. The summed E-state index contributed by atoms with van der Waals surface area (Å²) >= 11 is 0. The van der Waals surface area contributed by atoms with Crippen LogP contribution in [0.25, 0.3) is 0 Å². The van der Waals surface area contributed by atoms with E-state index in [-0.39, 0.29) is 13.2 Å². The van der Waals surface area contributed by atoms with Gasteiger partial charge in [0.1, 0.15) is 0 Å². The molecule has 54 valence electrons. The summed E-state index contributed by atoms with van der Waals surface area (Å²) in [6, 6.07) is 0. The van der Waals surface area contributed by atoms with Gasteiger partial charge >= 0.3 is 0 Å². The fourth-order valence-electron chi connectivity index (χ4n) is 0.657. The van der Waals surface area contributed by atoms with Crippen LogP contribution in [0.15, 0.2) is 12.4 Å². The second-order valence-electron chi connectivity index (χ2n) is 1.86. The zero-order chi connectivity index (χ0) is 7.40. The molecule has 2 N–H and O–H groups in total. The minimum Gasteiger partial charge on any atom is -0.392 e. The largest absolute Gasteiger partial charge is 0.392 e. The molecule has 0 fully saturated rings. The summed E-state index contributed by atoms with van der Waals surface area (Å²) in [7, 11) is 0.